The molecule has 0 aliphatic rings. The lowest BCUT2D eigenvalue weighted by Gasteiger charge is -2.12. The van der Waals surface area contributed by atoms with E-state index in [1.807, 2.05) is 19.1 Å². The van der Waals surface area contributed by atoms with Crippen molar-refractivity contribution in [2.24, 2.45) is 5.10 Å². The summed E-state index contributed by atoms with van der Waals surface area (Å²) in [5.74, 6) is -0.786. The molecular formula is C26H26N4O6. The van der Waals surface area contributed by atoms with Crippen LogP contribution in [0.1, 0.15) is 11.1 Å². The molecule has 0 heterocycles. The molecule has 36 heavy (non-hydrogen) atoms. The number of para-hydroxylation sites is 1. The summed E-state index contributed by atoms with van der Waals surface area (Å²) in [6.07, 6.45) is 1.35. The molecule has 0 unspecified atom stereocenters. The van der Waals surface area contributed by atoms with Crippen molar-refractivity contribution in [2.45, 2.75) is 6.92 Å². The second-order valence-electron chi connectivity index (χ2n) is 7.45. The Balaban J connectivity index is 1.53. The molecule has 3 amide bonds. The SMILES string of the molecule is COc1cccc(NC(=O)COc2ccc(/C=N\NC(=O)C(=O)Nc3ccccc3C)cc2OC)c1. The van der Waals surface area contributed by atoms with E-state index < -0.39 is 11.8 Å². The molecule has 0 bridgehead atoms. The summed E-state index contributed by atoms with van der Waals surface area (Å²) in [5, 5.41) is 9.06. The van der Waals surface area contributed by atoms with E-state index in [1.54, 1.807) is 61.7 Å². The van der Waals surface area contributed by atoms with Gasteiger partial charge >= 0.3 is 11.8 Å². The average Bonchev–Trinajstić information content (AvgIpc) is 2.89. The van der Waals surface area contributed by atoms with Gasteiger partial charge in [0.15, 0.2) is 18.1 Å². The quantitative estimate of drug-likeness (QED) is 0.240. The third kappa shape index (κ3) is 7.32. The van der Waals surface area contributed by atoms with E-state index in [-0.39, 0.29) is 12.5 Å². The van der Waals surface area contributed by atoms with Crippen LogP contribution in [0.2, 0.25) is 0 Å². The van der Waals surface area contributed by atoms with E-state index in [0.717, 1.165) is 5.56 Å². The number of amides is 3. The van der Waals surface area contributed by atoms with Gasteiger partial charge in [0, 0.05) is 17.4 Å². The Kier molecular flexibility index (Phi) is 8.99. The molecular weight excluding hydrogens is 464 g/mol. The molecule has 3 aromatic carbocycles. The Labute approximate surface area is 208 Å². The monoisotopic (exact) mass is 490 g/mol. The van der Waals surface area contributed by atoms with Crippen molar-refractivity contribution < 1.29 is 28.6 Å². The molecule has 0 fully saturated rings. The van der Waals surface area contributed by atoms with E-state index in [1.165, 1.54) is 13.3 Å². The number of benzene rings is 3. The third-order valence-electron chi connectivity index (χ3n) is 4.88. The molecule has 186 valence electrons. The van der Waals surface area contributed by atoms with Gasteiger partial charge in [0.05, 0.1) is 20.4 Å². The average molecular weight is 491 g/mol. The number of methoxy groups -OCH3 is 2. The van der Waals surface area contributed by atoms with Crippen LogP contribution in [-0.2, 0) is 14.4 Å². The topological polar surface area (TPSA) is 127 Å². The number of carbonyl (C=O) groups is 3. The molecule has 0 aromatic heterocycles. The number of anilines is 2. The summed E-state index contributed by atoms with van der Waals surface area (Å²) < 4.78 is 16.0. The van der Waals surface area contributed by atoms with Crippen LogP contribution in [0.25, 0.3) is 0 Å². The van der Waals surface area contributed by atoms with Gasteiger partial charge in [-0.2, -0.15) is 5.10 Å². The molecule has 0 radical (unpaired) electrons. The number of rotatable bonds is 9. The minimum absolute atomic E-state index is 0.243. The van der Waals surface area contributed by atoms with Gasteiger partial charge in [-0.05, 0) is 54.4 Å². The largest absolute Gasteiger partial charge is 0.497 e. The summed E-state index contributed by atoms with van der Waals surface area (Å²) in [7, 11) is 3.00. The highest BCUT2D eigenvalue weighted by Gasteiger charge is 2.14. The first-order valence-electron chi connectivity index (χ1n) is 10.8. The first-order chi connectivity index (χ1) is 17.4. The van der Waals surface area contributed by atoms with Gasteiger partial charge in [-0.1, -0.05) is 24.3 Å². The number of nitrogens with zero attached hydrogens (tertiary/aromatic N) is 1. The maximum absolute atomic E-state index is 12.2. The van der Waals surface area contributed by atoms with Crippen LogP contribution in [0.15, 0.2) is 71.8 Å². The second-order valence-corrected chi connectivity index (χ2v) is 7.45. The smallest absolute Gasteiger partial charge is 0.329 e. The van der Waals surface area contributed by atoms with Gasteiger partial charge in [-0.15, -0.1) is 0 Å². The minimum atomic E-state index is -0.913. The molecule has 0 aliphatic heterocycles. The van der Waals surface area contributed by atoms with Crippen LogP contribution in [-0.4, -0.2) is 44.8 Å². The summed E-state index contributed by atoms with van der Waals surface area (Å²) in [6.45, 7) is 1.58. The maximum atomic E-state index is 12.2. The maximum Gasteiger partial charge on any atom is 0.329 e. The molecule has 0 saturated heterocycles. The van der Waals surface area contributed by atoms with Crippen molar-refractivity contribution in [1.82, 2.24) is 5.43 Å². The van der Waals surface area contributed by atoms with Crippen molar-refractivity contribution in [1.29, 1.82) is 0 Å². The molecule has 3 N–H and O–H groups in total. The number of hydrogen-bond donors (Lipinski definition) is 3. The molecule has 10 heteroatoms. The van der Waals surface area contributed by atoms with Gasteiger partial charge in [0.25, 0.3) is 5.91 Å². The number of nitrogens with one attached hydrogen (secondary N) is 3. The zero-order chi connectivity index (χ0) is 25.9. The van der Waals surface area contributed by atoms with E-state index in [9.17, 15) is 14.4 Å². The van der Waals surface area contributed by atoms with Crippen LogP contribution >= 0.6 is 0 Å². The summed E-state index contributed by atoms with van der Waals surface area (Å²) >= 11 is 0. The molecule has 10 nitrogen and oxygen atoms in total. The number of ether oxygens (including phenoxy) is 3. The molecule has 3 aromatic rings. The predicted molar refractivity (Wildman–Crippen MR) is 136 cm³/mol. The van der Waals surface area contributed by atoms with E-state index >= 15 is 0 Å². The Bertz CT molecular complexity index is 1270. The fraction of sp³-hybridized carbons (Fsp3) is 0.154. The van der Waals surface area contributed by atoms with Gasteiger partial charge in [0.2, 0.25) is 0 Å². The fourth-order valence-corrected chi connectivity index (χ4v) is 3.03. The van der Waals surface area contributed by atoms with Crippen molar-refractivity contribution in [2.75, 3.05) is 31.5 Å². The summed E-state index contributed by atoms with van der Waals surface area (Å²) in [4.78, 5) is 36.3. The van der Waals surface area contributed by atoms with Gasteiger partial charge in [0.1, 0.15) is 5.75 Å². The van der Waals surface area contributed by atoms with Crippen LogP contribution in [0.5, 0.6) is 17.2 Å². The number of hydrogen-bond acceptors (Lipinski definition) is 7. The normalized spacial score (nSPS) is 10.4. The fourth-order valence-electron chi connectivity index (χ4n) is 3.03. The number of hydrazone groups is 1. The summed E-state index contributed by atoms with van der Waals surface area (Å²) in [5.41, 5.74) is 4.70. The molecule has 3 rings (SSSR count). The lowest BCUT2D eigenvalue weighted by molar-refractivity contribution is -0.136. The molecule has 0 aliphatic carbocycles. The van der Waals surface area contributed by atoms with Crippen molar-refractivity contribution in [3.05, 3.63) is 77.9 Å². The standard InChI is InChI=1S/C26H26N4O6/c1-17-7-4-5-10-21(17)29-25(32)26(33)30-27-15-18-11-12-22(23(13-18)35-3)36-16-24(31)28-19-8-6-9-20(14-19)34-2/h4-15H,16H2,1-3H3,(H,28,31)(H,29,32)(H,30,33)/b27-15-. The van der Waals surface area contributed by atoms with Crippen molar-refractivity contribution >= 4 is 35.3 Å². The van der Waals surface area contributed by atoms with Gasteiger partial charge < -0.3 is 24.8 Å². The van der Waals surface area contributed by atoms with E-state index in [2.05, 4.69) is 21.2 Å². The highest BCUT2D eigenvalue weighted by molar-refractivity contribution is 6.39. The van der Waals surface area contributed by atoms with E-state index in [0.29, 0.717) is 34.2 Å². The Hall–Kier alpha value is -4.86. The summed E-state index contributed by atoms with van der Waals surface area (Å²) in [6, 6.07) is 18.9. The number of aryl methyl sites for hydroxylation is 1. The van der Waals surface area contributed by atoms with Crippen molar-refractivity contribution in [3.8, 4) is 17.2 Å². The van der Waals surface area contributed by atoms with Crippen LogP contribution < -0.4 is 30.3 Å². The second kappa shape index (κ2) is 12.6. The van der Waals surface area contributed by atoms with Gasteiger partial charge in [-0.3, -0.25) is 14.4 Å². The minimum Gasteiger partial charge on any atom is -0.497 e. The Morgan fingerprint density at radius 1 is 0.861 bits per heavy atom. The predicted octanol–water partition coefficient (Wildman–Crippen LogP) is 3.12. The lowest BCUT2D eigenvalue weighted by atomic mass is 10.2. The Morgan fingerprint density at radius 3 is 2.42 bits per heavy atom. The zero-order valence-electron chi connectivity index (χ0n) is 20.0. The third-order valence-corrected chi connectivity index (χ3v) is 4.88. The molecule has 0 atom stereocenters. The molecule has 0 spiro atoms. The van der Waals surface area contributed by atoms with E-state index in [4.69, 9.17) is 14.2 Å². The highest BCUT2D eigenvalue weighted by atomic mass is 16.5. The lowest BCUT2D eigenvalue weighted by Crippen LogP contribution is -2.32. The van der Waals surface area contributed by atoms with Crippen molar-refractivity contribution in [3.63, 3.8) is 0 Å². The Morgan fingerprint density at radius 2 is 1.67 bits per heavy atom. The van der Waals surface area contributed by atoms with Crippen LogP contribution in [0.3, 0.4) is 0 Å². The van der Waals surface area contributed by atoms with Crippen LogP contribution in [0.4, 0.5) is 11.4 Å². The number of carbonyl (C=O) groups excluding carboxylic acids is 3. The first kappa shape index (κ1) is 25.8. The molecule has 0 saturated carbocycles. The van der Waals surface area contributed by atoms with Gasteiger partial charge in [-0.25, -0.2) is 5.43 Å². The first-order valence-corrected chi connectivity index (χ1v) is 10.8. The highest BCUT2D eigenvalue weighted by Crippen LogP contribution is 2.27. The zero-order valence-corrected chi connectivity index (χ0v) is 20.0. The van der Waals surface area contributed by atoms with Crippen LogP contribution in [0, 0.1) is 6.92 Å².